The first-order chi connectivity index (χ1) is 9.86. The number of fused-ring (bicyclic) bond motifs is 1. The molecule has 1 nitrogen and oxygen atoms in total. The maximum atomic E-state index is 3.83. The molecule has 0 aromatic rings. The zero-order chi connectivity index (χ0) is 15.6. The molecule has 0 radical (unpaired) electrons. The molecule has 1 saturated heterocycles. The molecular formula is C20H35N. The van der Waals surface area contributed by atoms with Gasteiger partial charge in [-0.15, -0.1) is 0 Å². The first-order valence-electron chi connectivity index (χ1n) is 8.89. The van der Waals surface area contributed by atoms with E-state index >= 15 is 0 Å². The molecule has 1 heterocycles. The highest BCUT2D eigenvalue weighted by Gasteiger charge is 2.47. The van der Waals surface area contributed by atoms with Crippen molar-refractivity contribution in [2.45, 2.75) is 79.7 Å². The van der Waals surface area contributed by atoms with Crippen LogP contribution in [0, 0.1) is 17.3 Å². The van der Waals surface area contributed by atoms with E-state index in [1.54, 1.807) is 11.1 Å². The second-order valence-corrected chi connectivity index (χ2v) is 8.09. The molecule has 0 aromatic heterocycles. The van der Waals surface area contributed by atoms with E-state index in [1.807, 2.05) is 0 Å². The van der Waals surface area contributed by atoms with Crippen molar-refractivity contribution in [3.8, 4) is 0 Å². The lowest BCUT2D eigenvalue weighted by Gasteiger charge is -2.53. The first kappa shape index (κ1) is 16.8. The van der Waals surface area contributed by atoms with Crippen LogP contribution in [0.15, 0.2) is 22.8 Å². The van der Waals surface area contributed by atoms with Gasteiger partial charge in [0, 0.05) is 6.04 Å². The summed E-state index contributed by atoms with van der Waals surface area (Å²) in [5.41, 5.74) is 5.18. The molecule has 1 heteroatoms. The minimum atomic E-state index is 0.465. The Morgan fingerprint density at radius 3 is 2.76 bits per heavy atom. The second-order valence-electron chi connectivity index (χ2n) is 8.09. The van der Waals surface area contributed by atoms with E-state index < -0.39 is 0 Å². The van der Waals surface area contributed by atoms with E-state index in [0.717, 1.165) is 11.8 Å². The minimum Gasteiger partial charge on any atom is -0.310 e. The van der Waals surface area contributed by atoms with Crippen LogP contribution < -0.4 is 5.32 Å². The van der Waals surface area contributed by atoms with Gasteiger partial charge in [-0.2, -0.15) is 0 Å². The van der Waals surface area contributed by atoms with E-state index in [4.69, 9.17) is 0 Å². The Kier molecular flexibility index (Phi) is 5.35. The predicted octanol–water partition coefficient (Wildman–Crippen LogP) is 5.48. The van der Waals surface area contributed by atoms with Crippen LogP contribution in [0.4, 0.5) is 0 Å². The van der Waals surface area contributed by atoms with E-state index in [0.29, 0.717) is 11.5 Å². The maximum absolute atomic E-state index is 3.83. The zero-order valence-corrected chi connectivity index (χ0v) is 15.1. The van der Waals surface area contributed by atoms with Gasteiger partial charge in [0.05, 0.1) is 0 Å². The summed E-state index contributed by atoms with van der Waals surface area (Å²) >= 11 is 0. The highest BCUT2D eigenvalue weighted by atomic mass is 15.0. The lowest BCUT2D eigenvalue weighted by atomic mass is 9.57. The van der Waals surface area contributed by atoms with Crippen molar-refractivity contribution in [2.24, 2.45) is 17.3 Å². The van der Waals surface area contributed by atoms with Crippen LogP contribution in [-0.4, -0.2) is 12.6 Å². The second kappa shape index (κ2) is 6.69. The van der Waals surface area contributed by atoms with Crippen LogP contribution in [-0.2, 0) is 0 Å². The van der Waals surface area contributed by atoms with Crippen LogP contribution >= 0.6 is 0 Å². The van der Waals surface area contributed by atoms with Gasteiger partial charge in [-0.25, -0.2) is 0 Å². The first-order valence-corrected chi connectivity index (χ1v) is 8.89. The fourth-order valence-corrected chi connectivity index (χ4v) is 4.81. The van der Waals surface area contributed by atoms with E-state index in [1.165, 1.54) is 44.2 Å². The Morgan fingerprint density at radius 2 is 2.10 bits per heavy atom. The summed E-state index contributed by atoms with van der Waals surface area (Å²) in [6, 6.07) is 0.621. The molecule has 2 rings (SSSR count). The predicted molar refractivity (Wildman–Crippen MR) is 93.4 cm³/mol. The molecule has 0 amide bonds. The fraction of sp³-hybridized carbons (Fsp3) is 0.800. The highest BCUT2D eigenvalue weighted by Crippen LogP contribution is 2.50. The Balaban J connectivity index is 2.11. The van der Waals surface area contributed by atoms with Gasteiger partial charge in [0.2, 0.25) is 0 Å². The molecule has 1 fully saturated rings. The van der Waals surface area contributed by atoms with Gasteiger partial charge in [0.15, 0.2) is 0 Å². The molecule has 120 valence electrons. The summed E-state index contributed by atoms with van der Waals surface area (Å²) in [7, 11) is 0. The van der Waals surface area contributed by atoms with Crippen molar-refractivity contribution in [1.29, 1.82) is 0 Å². The molecule has 21 heavy (non-hydrogen) atoms. The molecule has 0 bridgehead atoms. The number of hydrogen-bond acceptors (Lipinski definition) is 1. The van der Waals surface area contributed by atoms with Crippen molar-refractivity contribution < 1.29 is 0 Å². The Bertz CT molecular complexity index is 427. The van der Waals surface area contributed by atoms with Crippen LogP contribution in [0.25, 0.3) is 0 Å². The van der Waals surface area contributed by atoms with E-state index in [9.17, 15) is 0 Å². The Labute approximate surface area is 132 Å². The number of allylic oxidation sites excluding steroid dienone is 3. The third kappa shape index (κ3) is 3.44. The van der Waals surface area contributed by atoms with Gasteiger partial charge in [-0.05, 0) is 83.6 Å². The molecule has 1 aliphatic carbocycles. The van der Waals surface area contributed by atoms with Crippen molar-refractivity contribution in [3.63, 3.8) is 0 Å². The van der Waals surface area contributed by atoms with Crippen molar-refractivity contribution in [2.75, 3.05) is 6.54 Å². The van der Waals surface area contributed by atoms with Gasteiger partial charge in [-0.1, -0.05) is 36.6 Å². The average molecular weight is 290 g/mol. The van der Waals surface area contributed by atoms with Crippen molar-refractivity contribution >= 4 is 0 Å². The molecular weight excluding hydrogens is 254 g/mol. The van der Waals surface area contributed by atoms with Gasteiger partial charge >= 0.3 is 0 Å². The maximum Gasteiger partial charge on any atom is 0.0336 e. The smallest absolute Gasteiger partial charge is 0.0336 e. The van der Waals surface area contributed by atoms with Gasteiger partial charge in [0.25, 0.3) is 0 Å². The topological polar surface area (TPSA) is 12.0 Å². The number of hydrogen-bond donors (Lipinski definition) is 1. The number of rotatable bonds is 4. The SMILES string of the molecule is CC(C)=CCCC(C)[C@@H]1CCNC2C(C)=C(C)CC[C@@]21C. The van der Waals surface area contributed by atoms with Crippen LogP contribution in [0.1, 0.15) is 73.6 Å². The lowest BCUT2D eigenvalue weighted by molar-refractivity contribution is 0.0338. The molecule has 0 aromatic carbocycles. The third-order valence-corrected chi connectivity index (χ3v) is 6.32. The average Bonchev–Trinajstić information content (AvgIpc) is 2.42. The fourth-order valence-electron chi connectivity index (χ4n) is 4.81. The van der Waals surface area contributed by atoms with Gasteiger partial charge < -0.3 is 5.32 Å². The monoisotopic (exact) mass is 289 g/mol. The van der Waals surface area contributed by atoms with E-state index in [-0.39, 0.29) is 0 Å². The van der Waals surface area contributed by atoms with Crippen molar-refractivity contribution in [1.82, 2.24) is 5.32 Å². The molecule has 1 N–H and O–H groups in total. The molecule has 2 unspecified atom stereocenters. The molecule has 0 saturated carbocycles. The largest absolute Gasteiger partial charge is 0.310 e. The lowest BCUT2D eigenvalue weighted by Crippen LogP contribution is -2.56. The zero-order valence-electron chi connectivity index (χ0n) is 15.1. The number of nitrogens with one attached hydrogen (secondary N) is 1. The standard InChI is InChI=1S/C20H35N/c1-14(2)8-7-9-16(4)18-11-13-21-19-17(5)15(3)10-12-20(18,19)6/h8,16,18-19,21H,7,9-13H2,1-6H3/t16?,18-,19?,20+/m0/s1. The molecule has 4 atom stereocenters. The van der Waals surface area contributed by atoms with Crippen LogP contribution in [0.5, 0.6) is 0 Å². The number of piperidine rings is 1. The summed E-state index contributed by atoms with van der Waals surface area (Å²) in [4.78, 5) is 0. The molecule has 0 spiro atoms. The normalized spacial score (nSPS) is 34.4. The van der Waals surface area contributed by atoms with Gasteiger partial charge in [-0.3, -0.25) is 0 Å². The summed E-state index contributed by atoms with van der Waals surface area (Å²) in [5.74, 6) is 1.71. The van der Waals surface area contributed by atoms with E-state index in [2.05, 4.69) is 52.9 Å². The third-order valence-electron chi connectivity index (χ3n) is 6.32. The van der Waals surface area contributed by atoms with Crippen LogP contribution in [0.3, 0.4) is 0 Å². The molecule has 1 aliphatic heterocycles. The van der Waals surface area contributed by atoms with Gasteiger partial charge in [0.1, 0.15) is 0 Å². The highest BCUT2D eigenvalue weighted by molar-refractivity contribution is 5.25. The Hall–Kier alpha value is -0.560. The summed E-state index contributed by atoms with van der Waals surface area (Å²) in [6.45, 7) is 15.4. The Morgan fingerprint density at radius 1 is 1.38 bits per heavy atom. The summed E-state index contributed by atoms with van der Waals surface area (Å²) in [5, 5.41) is 3.83. The molecule has 2 aliphatic rings. The summed E-state index contributed by atoms with van der Waals surface area (Å²) in [6.07, 6.45) is 9.04. The van der Waals surface area contributed by atoms with Crippen LogP contribution in [0.2, 0.25) is 0 Å². The summed E-state index contributed by atoms with van der Waals surface area (Å²) < 4.78 is 0. The quantitative estimate of drug-likeness (QED) is 0.675. The minimum absolute atomic E-state index is 0.465. The van der Waals surface area contributed by atoms with Crippen molar-refractivity contribution in [3.05, 3.63) is 22.8 Å².